The first-order chi connectivity index (χ1) is 4.60. The SMILES string of the molecule is COC(=O)C(N)(CF)CF. The van der Waals surface area contributed by atoms with Crippen LogP contribution in [0.5, 0.6) is 0 Å². The zero-order valence-electron chi connectivity index (χ0n) is 5.56. The lowest BCUT2D eigenvalue weighted by Crippen LogP contribution is -2.52. The molecule has 0 atom stereocenters. The Bertz CT molecular complexity index is 125. The largest absolute Gasteiger partial charge is 0.467 e. The Morgan fingerprint density at radius 1 is 1.60 bits per heavy atom. The molecule has 0 saturated carbocycles. The van der Waals surface area contributed by atoms with Crippen molar-refractivity contribution in [3.05, 3.63) is 0 Å². The van der Waals surface area contributed by atoms with E-state index in [1.807, 2.05) is 0 Å². The van der Waals surface area contributed by atoms with E-state index in [0.29, 0.717) is 0 Å². The number of esters is 1. The summed E-state index contributed by atoms with van der Waals surface area (Å²) >= 11 is 0. The van der Waals surface area contributed by atoms with Gasteiger partial charge in [-0.3, -0.25) is 0 Å². The van der Waals surface area contributed by atoms with Crippen molar-refractivity contribution in [3.8, 4) is 0 Å². The van der Waals surface area contributed by atoms with Crippen LogP contribution in [0.1, 0.15) is 0 Å². The average Bonchev–Trinajstić information content (AvgIpc) is 2.01. The Labute approximate surface area is 57.1 Å². The number of rotatable bonds is 3. The van der Waals surface area contributed by atoms with E-state index in [1.54, 1.807) is 0 Å². The van der Waals surface area contributed by atoms with E-state index in [0.717, 1.165) is 7.11 Å². The van der Waals surface area contributed by atoms with Crippen LogP contribution in [0.25, 0.3) is 0 Å². The molecule has 0 bridgehead atoms. The zero-order valence-corrected chi connectivity index (χ0v) is 5.56. The minimum Gasteiger partial charge on any atom is -0.467 e. The molecule has 10 heavy (non-hydrogen) atoms. The van der Waals surface area contributed by atoms with Crippen molar-refractivity contribution < 1.29 is 18.3 Å². The van der Waals surface area contributed by atoms with E-state index in [9.17, 15) is 13.6 Å². The second-order valence-corrected chi connectivity index (χ2v) is 1.91. The molecule has 0 unspecified atom stereocenters. The average molecular weight is 153 g/mol. The zero-order chi connectivity index (χ0) is 8.20. The van der Waals surface area contributed by atoms with Crippen molar-refractivity contribution >= 4 is 5.97 Å². The van der Waals surface area contributed by atoms with Crippen LogP contribution in [-0.4, -0.2) is 32.0 Å². The summed E-state index contributed by atoms with van der Waals surface area (Å²) in [5.41, 5.74) is 2.82. The molecule has 0 aromatic heterocycles. The summed E-state index contributed by atoms with van der Waals surface area (Å²) in [5, 5.41) is 0. The van der Waals surface area contributed by atoms with Crippen molar-refractivity contribution in [1.82, 2.24) is 0 Å². The van der Waals surface area contributed by atoms with Gasteiger partial charge >= 0.3 is 5.97 Å². The number of hydrogen-bond acceptors (Lipinski definition) is 3. The smallest absolute Gasteiger partial charge is 0.331 e. The standard InChI is InChI=1S/C5H9F2NO2/c1-10-4(9)5(8,2-6)3-7/h2-3,8H2,1H3. The van der Waals surface area contributed by atoms with E-state index < -0.39 is 24.9 Å². The molecule has 2 N–H and O–H groups in total. The molecule has 3 nitrogen and oxygen atoms in total. The lowest BCUT2D eigenvalue weighted by molar-refractivity contribution is -0.148. The topological polar surface area (TPSA) is 52.3 Å². The molecule has 0 amide bonds. The van der Waals surface area contributed by atoms with E-state index in [-0.39, 0.29) is 0 Å². The first-order valence-electron chi connectivity index (χ1n) is 2.60. The van der Waals surface area contributed by atoms with Crippen LogP contribution in [0.15, 0.2) is 0 Å². The molecule has 0 aliphatic heterocycles. The highest BCUT2D eigenvalue weighted by molar-refractivity contribution is 5.80. The number of halogens is 2. The minimum atomic E-state index is -2.10. The molecule has 0 aliphatic rings. The molecule has 0 rings (SSSR count). The fourth-order valence-corrected chi connectivity index (χ4v) is 0.348. The summed E-state index contributed by atoms with van der Waals surface area (Å²) < 4.78 is 27.7. The Morgan fingerprint density at radius 3 is 2.10 bits per heavy atom. The maximum atomic E-state index is 11.8. The van der Waals surface area contributed by atoms with Gasteiger partial charge in [0.1, 0.15) is 13.3 Å². The normalized spacial score (nSPS) is 11.2. The van der Waals surface area contributed by atoms with Gasteiger partial charge in [-0.1, -0.05) is 0 Å². The van der Waals surface area contributed by atoms with Gasteiger partial charge in [-0.2, -0.15) is 0 Å². The number of ether oxygens (including phenoxy) is 1. The molecule has 0 spiro atoms. The van der Waals surface area contributed by atoms with Crippen LogP contribution in [0.4, 0.5) is 8.78 Å². The number of carbonyl (C=O) groups excluding carboxylic acids is 1. The molecule has 0 heterocycles. The van der Waals surface area contributed by atoms with Crippen LogP contribution in [0.3, 0.4) is 0 Å². The predicted molar refractivity (Wildman–Crippen MR) is 30.9 cm³/mol. The van der Waals surface area contributed by atoms with Gasteiger partial charge in [0.05, 0.1) is 7.11 Å². The van der Waals surface area contributed by atoms with Gasteiger partial charge in [0, 0.05) is 0 Å². The van der Waals surface area contributed by atoms with Gasteiger partial charge < -0.3 is 10.5 Å². The number of hydrogen-bond donors (Lipinski definition) is 1. The highest BCUT2D eigenvalue weighted by Crippen LogP contribution is 2.04. The predicted octanol–water partition coefficient (Wildman–Crippen LogP) is -0.204. The molecule has 60 valence electrons. The Kier molecular flexibility index (Phi) is 3.21. The molecular formula is C5H9F2NO2. The van der Waals surface area contributed by atoms with Gasteiger partial charge in [-0.15, -0.1) is 0 Å². The van der Waals surface area contributed by atoms with Crippen molar-refractivity contribution in [2.75, 3.05) is 20.5 Å². The first-order valence-corrected chi connectivity index (χ1v) is 2.60. The van der Waals surface area contributed by atoms with Crippen LogP contribution < -0.4 is 5.73 Å². The Hall–Kier alpha value is -0.710. The quantitative estimate of drug-likeness (QED) is 0.571. The summed E-state index contributed by atoms with van der Waals surface area (Å²) in [6, 6.07) is 0. The Morgan fingerprint density at radius 2 is 2.00 bits per heavy atom. The minimum absolute atomic E-state index is 1.02. The summed E-state index contributed by atoms with van der Waals surface area (Å²) in [6.07, 6.45) is 0. The van der Waals surface area contributed by atoms with Crippen molar-refractivity contribution in [2.45, 2.75) is 5.54 Å². The number of methoxy groups -OCH3 is 1. The van der Waals surface area contributed by atoms with Gasteiger partial charge in [-0.05, 0) is 0 Å². The highest BCUT2D eigenvalue weighted by Gasteiger charge is 2.35. The van der Waals surface area contributed by atoms with Crippen LogP contribution in [0, 0.1) is 0 Å². The van der Waals surface area contributed by atoms with Crippen molar-refractivity contribution in [2.24, 2.45) is 5.73 Å². The third-order valence-electron chi connectivity index (χ3n) is 1.07. The van der Waals surface area contributed by atoms with Crippen LogP contribution in [0.2, 0.25) is 0 Å². The monoisotopic (exact) mass is 153 g/mol. The molecule has 5 heteroatoms. The Balaban J connectivity index is 4.17. The van der Waals surface area contributed by atoms with Gasteiger partial charge in [0.15, 0.2) is 5.54 Å². The van der Waals surface area contributed by atoms with Crippen LogP contribution in [-0.2, 0) is 9.53 Å². The van der Waals surface area contributed by atoms with E-state index in [1.165, 1.54) is 0 Å². The summed E-state index contributed by atoms with van der Waals surface area (Å²) in [4.78, 5) is 10.5. The second kappa shape index (κ2) is 3.46. The fraction of sp³-hybridized carbons (Fsp3) is 0.800. The molecule has 0 aromatic carbocycles. The maximum Gasteiger partial charge on any atom is 0.331 e. The third-order valence-corrected chi connectivity index (χ3v) is 1.07. The third kappa shape index (κ3) is 1.63. The number of carbonyl (C=O) groups is 1. The summed E-state index contributed by atoms with van der Waals surface area (Å²) in [7, 11) is 1.02. The van der Waals surface area contributed by atoms with E-state index in [2.05, 4.69) is 4.74 Å². The summed E-state index contributed by atoms with van der Waals surface area (Å²) in [5.74, 6) is -1.07. The summed E-state index contributed by atoms with van der Waals surface area (Å²) in [6.45, 7) is -2.51. The molecule has 0 aliphatic carbocycles. The fourth-order valence-electron chi connectivity index (χ4n) is 0.348. The molecule has 0 aromatic rings. The molecular weight excluding hydrogens is 144 g/mol. The van der Waals surface area contributed by atoms with Gasteiger partial charge in [0.2, 0.25) is 0 Å². The first kappa shape index (κ1) is 9.29. The molecule has 0 radical (unpaired) electrons. The van der Waals surface area contributed by atoms with Crippen molar-refractivity contribution in [3.63, 3.8) is 0 Å². The lowest BCUT2D eigenvalue weighted by Gasteiger charge is -2.17. The second-order valence-electron chi connectivity index (χ2n) is 1.91. The molecule has 0 saturated heterocycles. The number of alkyl halides is 2. The van der Waals surface area contributed by atoms with E-state index >= 15 is 0 Å². The highest BCUT2D eigenvalue weighted by atomic mass is 19.1. The molecule has 0 fully saturated rings. The van der Waals surface area contributed by atoms with Crippen LogP contribution >= 0.6 is 0 Å². The van der Waals surface area contributed by atoms with Gasteiger partial charge in [-0.25, -0.2) is 13.6 Å². The number of nitrogens with two attached hydrogens (primary N) is 1. The van der Waals surface area contributed by atoms with Gasteiger partial charge in [0.25, 0.3) is 0 Å². The lowest BCUT2D eigenvalue weighted by atomic mass is 10.1. The van der Waals surface area contributed by atoms with Crippen molar-refractivity contribution in [1.29, 1.82) is 0 Å². The van der Waals surface area contributed by atoms with E-state index in [4.69, 9.17) is 5.73 Å². The maximum absolute atomic E-state index is 11.8.